The Morgan fingerprint density at radius 3 is 2.39 bits per heavy atom. The number of likely N-dealkylation sites (tertiary alicyclic amines) is 1. The number of anilines is 2. The normalized spacial score (nSPS) is 18.9. The number of morpholine rings is 2. The molecule has 3 aliphatic rings. The smallest absolute Gasteiger partial charge is 0.321 e. The predicted octanol–water partition coefficient (Wildman–Crippen LogP) is 3.98. The van der Waals surface area contributed by atoms with Crippen LogP contribution in [0, 0.1) is 0 Å². The van der Waals surface area contributed by atoms with Crippen LogP contribution < -0.4 is 15.0 Å². The molecule has 4 heterocycles. The van der Waals surface area contributed by atoms with Gasteiger partial charge < -0.3 is 29.3 Å². The molecule has 0 aliphatic carbocycles. The second kappa shape index (κ2) is 13.5. The Morgan fingerprint density at radius 2 is 1.63 bits per heavy atom. The van der Waals surface area contributed by atoms with Crippen LogP contribution in [0.15, 0.2) is 48.8 Å². The number of carbonyl (C=O) groups excluding carboxylic acids is 1. The SMILES string of the molecule is O=C(Nc1ccc(N2CCOCC2)cc1)N1CCC(c2ncnc3cc(OCCCN4CCOCC4)ccc23)CC1. The van der Waals surface area contributed by atoms with E-state index in [1.807, 2.05) is 29.2 Å². The van der Waals surface area contributed by atoms with E-state index in [1.165, 1.54) is 0 Å². The Morgan fingerprint density at radius 1 is 0.902 bits per heavy atom. The van der Waals surface area contributed by atoms with Crippen molar-refractivity contribution in [1.82, 2.24) is 19.8 Å². The van der Waals surface area contributed by atoms with E-state index in [0.29, 0.717) is 19.7 Å². The number of piperidine rings is 1. The summed E-state index contributed by atoms with van der Waals surface area (Å²) >= 11 is 0. The molecule has 1 aromatic heterocycles. The third-order valence-corrected chi connectivity index (χ3v) is 8.29. The van der Waals surface area contributed by atoms with Crippen LogP contribution in [0.3, 0.4) is 0 Å². The lowest BCUT2D eigenvalue weighted by atomic mass is 9.91. The highest BCUT2D eigenvalue weighted by atomic mass is 16.5. The standard InChI is InChI=1S/C31H40N6O4/c38-31(34-25-2-4-26(5-3-25)36-15-20-40-21-16-36)37-11-8-24(9-12-37)30-28-7-6-27(22-29(28)32-23-33-30)41-17-1-10-35-13-18-39-19-14-35/h2-7,22-24H,1,8-21H2,(H,34,38). The number of nitrogens with zero attached hydrogens (tertiary/aromatic N) is 5. The van der Waals surface area contributed by atoms with Crippen molar-refractivity contribution in [3.8, 4) is 5.75 Å². The van der Waals surface area contributed by atoms with Gasteiger partial charge in [-0.2, -0.15) is 0 Å². The number of benzene rings is 2. The fraction of sp³-hybridized carbons (Fsp3) is 0.516. The van der Waals surface area contributed by atoms with Crippen LogP contribution in [0.25, 0.3) is 10.9 Å². The molecule has 0 saturated carbocycles. The number of urea groups is 1. The monoisotopic (exact) mass is 560 g/mol. The Kier molecular flexibility index (Phi) is 9.09. The summed E-state index contributed by atoms with van der Waals surface area (Å²) in [5.74, 6) is 1.13. The molecule has 3 fully saturated rings. The highest BCUT2D eigenvalue weighted by Gasteiger charge is 2.26. The zero-order valence-corrected chi connectivity index (χ0v) is 23.7. The molecular weight excluding hydrogens is 520 g/mol. The molecule has 3 aliphatic heterocycles. The molecule has 2 aromatic carbocycles. The van der Waals surface area contributed by atoms with Gasteiger partial charge in [-0.1, -0.05) is 0 Å². The maximum atomic E-state index is 13.0. The first kappa shape index (κ1) is 27.7. The van der Waals surface area contributed by atoms with Gasteiger partial charge in [0.1, 0.15) is 12.1 Å². The van der Waals surface area contributed by atoms with Crippen LogP contribution in [0.4, 0.5) is 16.2 Å². The van der Waals surface area contributed by atoms with Crippen LogP contribution in [0.2, 0.25) is 0 Å². The summed E-state index contributed by atoms with van der Waals surface area (Å²) in [5.41, 5.74) is 3.94. The first-order chi connectivity index (χ1) is 20.2. The third kappa shape index (κ3) is 7.06. The molecular formula is C31H40N6O4. The Bertz CT molecular complexity index is 1290. The fourth-order valence-electron chi connectivity index (χ4n) is 5.91. The van der Waals surface area contributed by atoms with Crippen molar-refractivity contribution < 1.29 is 19.0 Å². The van der Waals surface area contributed by atoms with Crippen molar-refractivity contribution in [2.45, 2.75) is 25.2 Å². The summed E-state index contributed by atoms with van der Waals surface area (Å²) in [5, 5.41) is 4.13. The molecule has 0 radical (unpaired) electrons. The van der Waals surface area contributed by atoms with Crippen LogP contribution in [0.5, 0.6) is 5.75 Å². The number of aromatic nitrogens is 2. The van der Waals surface area contributed by atoms with Crippen molar-refractivity contribution >= 4 is 28.3 Å². The lowest BCUT2D eigenvalue weighted by molar-refractivity contribution is 0.0358. The summed E-state index contributed by atoms with van der Waals surface area (Å²) in [6.45, 7) is 10.0. The van der Waals surface area contributed by atoms with Crippen molar-refractivity contribution in [2.75, 3.05) is 89.1 Å². The molecule has 0 bridgehead atoms. The Labute approximate surface area is 241 Å². The van der Waals surface area contributed by atoms with Crippen LogP contribution in [-0.4, -0.2) is 105 Å². The highest BCUT2D eigenvalue weighted by molar-refractivity contribution is 5.89. The van der Waals surface area contributed by atoms with E-state index in [0.717, 1.165) is 112 Å². The summed E-state index contributed by atoms with van der Waals surface area (Å²) in [6.07, 6.45) is 4.38. The van der Waals surface area contributed by atoms with E-state index in [2.05, 4.69) is 43.3 Å². The molecule has 0 atom stereocenters. The van der Waals surface area contributed by atoms with E-state index in [9.17, 15) is 4.79 Å². The predicted molar refractivity (Wildman–Crippen MR) is 159 cm³/mol. The fourth-order valence-corrected chi connectivity index (χ4v) is 5.91. The van der Waals surface area contributed by atoms with Gasteiger partial charge in [-0.25, -0.2) is 14.8 Å². The number of ether oxygens (including phenoxy) is 3. The van der Waals surface area contributed by atoms with E-state index in [4.69, 9.17) is 14.2 Å². The average molecular weight is 561 g/mol. The van der Waals surface area contributed by atoms with E-state index in [-0.39, 0.29) is 11.9 Å². The molecule has 0 unspecified atom stereocenters. The van der Waals surface area contributed by atoms with Gasteiger partial charge in [0.15, 0.2) is 0 Å². The summed E-state index contributed by atoms with van der Waals surface area (Å²) in [4.78, 5) is 28.8. The Balaban J connectivity index is 0.994. The van der Waals surface area contributed by atoms with Crippen LogP contribution in [-0.2, 0) is 9.47 Å². The largest absolute Gasteiger partial charge is 0.493 e. The lowest BCUT2D eigenvalue weighted by Crippen LogP contribution is -2.40. The zero-order chi connectivity index (χ0) is 27.9. The van der Waals surface area contributed by atoms with E-state index >= 15 is 0 Å². The number of rotatable bonds is 8. The maximum Gasteiger partial charge on any atom is 0.321 e. The van der Waals surface area contributed by atoms with Gasteiger partial charge >= 0.3 is 6.03 Å². The number of amides is 2. The van der Waals surface area contributed by atoms with Crippen LogP contribution >= 0.6 is 0 Å². The lowest BCUT2D eigenvalue weighted by Gasteiger charge is -2.32. The van der Waals surface area contributed by atoms with Gasteiger partial charge in [-0.05, 0) is 55.7 Å². The number of fused-ring (bicyclic) bond motifs is 1. The van der Waals surface area contributed by atoms with Crippen molar-refractivity contribution in [3.63, 3.8) is 0 Å². The molecule has 0 spiro atoms. The number of hydrogen-bond donors (Lipinski definition) is 1. The molecule has 10 nitrogen and oxygen atoms in total. The van der Waals surface area contributed by atoms with Crippen LogP contribution in [0.1, 0.15) is 30.9 Å². The maximum absolute atomic E-state index is 13.0. The first-order valence-electron chi connectivity index (χ1n) is 14.9. The summed E-state index contributed by atoms with van der Waals surface area (Å²) in [7, 11) is 0. The van der Waals surface area contributed by atoms with Gasteiger partial charge in [-0.15, -0.1) is 0 Å². The topological polar surface area (TPSA) is 92.3 Å². The number of carbonyl (C=O) groups is 1. The van der Waals surface area contributed by atoms with Gasteiger partial charge in [0.2, 0.25) is 0 Å². The molecule has 1 N–H and O–H groups in total. The van der Waals surface area contributed by atoms with Gasteiger partial charge in [0.25, 0.3) is 0 Å². The second-order valence-electron chi connectivity index (χ2n) is 10.9. The molecule has 3 saturated heterocycles. The highest BCUT2D eigenvalue weighted by Crippen LogP contribution is 2.32. The van der Waals surface area contributed by atoms with Crippen molar-refractivity contribution in [2.24, 2.45) is 0 Å². The van der Waals surface area contributed by atoms with Crippen molar-refractivity contribution in [3.05, 3.63) is 54.5 Å². The van der Waals surface area contributed by atoms with Gasteiger partial charge in [-0.3, -0.25) is 4.90 Å². The molecule has 218 valence electrons. The number of hydrogen-bond acceptors (Lipinski definition) is 8. The van der Waals surface area contributed by atoms with Gasteiger partial charge in [0, 0.05) is 74.6 Å². The van der Waals surface area contributed by atoms with E-state index in [1.54, 1.807) is 6.33 Å². The van der Waals surface area contributed by atoms with Crippen molar-refractivity contribution in [1.29, 1.82) is 0 Å². The molecule has 3 aromatic rings. The minimum atomic E-state index is -0.0504. The average Bonchev–Trinajstić information content (AvgIpc) is 3.04. The quantitative estimate of drug-likeness (QED) is 0.414. The second-order valence-corrected chi connectivity index (χ2v) is 10.9. The first-order valence-corrected chi connectivity index (χ1v) is 14.9. The molecule has 2 amide bonds. The summed E-state index contributed by atoms with van der Waals surface area (Å²) in [6, 6.07) is 14.2. The summed E-state index contributed by atoms with van der Waals surface area (Å²) < 4.78 is 16.9. The molecule has 10 heteroatoms. The zero-order valence-electron chi connectivity index (χ0n) is 23.7. The Hall–Kier alpha value is -3.47. The molecule has 41 heavy (non-hydrogen) atoms. The minimum absolute atomic E-state index is 0.0504. The third-order valence-electron chi connectivity index (χ3n) is 8.29. The molecule has 6 rings (SSSR count). The van der Waals surface area contributed by atoms with E-state index < -0.39 is 0 Å². The minimum Gasteiger partial charge on any atom is -0.493 e. The number of nitrogens with one attached hydrogen (secondary N) is 1. The van der Waals surface area contributed by atoms with Gasteiger partial charge in [0.05, 0.1) is 44.2 Å².